The highest BCUT2D eigenvalue weighted by Crippen LogP contribution is 2.43. The number of amides is 2. The highest BCUT2D eigenvalue weighted by atomic mass is 35.5. The van der Waals surface area contributed by atoms with Gasteiger partial charge in [-0.3, -0.25) is 9.59 Å². The van der Waals surface area contributed by atoms with Crippen LogP contribution in [0.3, 0.4) is 0 Å². The summed E-state index contributed by atoms with van der Waals surface area (Å²) in [4.78, 5) is 28.2. The van der Waals surface area contributed by atoms with Crippen molar-refractivity contribution in [2.75, 3.05) is 0 Å². The number of rotatable bonds is 6. The predicted octanol–water partition coefficient (Wildman–Crippen LogP) is 2.68. The third-order valence-corrected chi connectivity index (χ3v) is 5.26. The van der Waals surface area contributed by atoms with Crippen molar-refractivity contribution in [1.82, 2.24) is 4.98 Å². The number of nitrogens with zero attached hydrogens (tertiary/aromatic N) is 2. The summed E-state index contributed by atoms with van der Waals surface area (Å²) in [6.45, 7) is 3.23. The van der Waals surface area contributed by atoms with Gasteiger partial charge in [0.05, 0.1) is 17.7 Å². The Morgan fingerprint density at radius 1 is 1.24 bits per heavy atom. The highest BCUT2D eigenvalue weighted by Gasteiger charge is 2.46. The third-order valence-electron chi connectivity index (χ3n) is 4.10. The zero-order valence-corrected chi connectivity index (χ0v) is 15.3. The van der Waals surface area contributed by atoms with Gasteiger partial charge in [-0.2, -0.15) is 5.26 Å². The molecule has 4 N–H and O–H groups in total. The van der Waals surface area contributed by atoms with Gasteiger partial charge in [-0.25, -0.2) is 4.98 Å². The maximum absolute atomic E-state index is 12.1. The van der Waals surface area contributed by atoms with Crippen molar-refractivity contribution in [2.24, 2.45) is 22.8 Å². The van der Waals surface area contributed by atoms with Crippen LogP contribution >= 0.6 is 22.9 Å². The SMILES string of the molecule is CC(C)([C@H](C(N)=O)c1nc(-c2ccc(Cl)cc2)cs1)[C@@H](C#N)C(N)=O. The molecule has 130 valence electrons. The lowest BCUT2D eigenvalue weighted by Gasteiger charge is -2.33. The molecule has 0 aliphatic rings. The van der Waals surface area contributed by atoms with Crippen LogP contribution in [0.25, 0.3) is 11.3 Å². The first kappa shape index (κ1) is 18.9. The molecule has 0 spiro atoms. The largest absolute Gasteiger partial charge is 0.369 e. The van der Waals surface area contributed by atoms with Crippen LogP contribution < -0.4 is 11.5 Å². The molecule has 8 heteroatoms. The summed E-state index contributed by atoms with van der Waals surface area (Å²) >= 11 is 7.13. The van der Waals surface area contributed by atoms with Crippen LogP contribution in [0.15, 0.2) is 29.6 Å². The first-order valence-corrected chi connectivity index (χ1v) is 8.63. The molecule has 1 heterocycles. The molecular formula is C17H17ClN4O2S. The fraction of sp³-hybridized carbons (Fsp3) is 0.294. The minimum atomic E-state index is -1.17. The van der Waals surface area contributed by atoms with Gasteiger partial charge in [0.1, 0.15) is 10.9 Å². The summed E-state index contributed by atoms with van der Waals surface area (Å²) in [5.74, 6) is -3.56. The van der Waals surface area contributed by atoms with Crippen LogP contribution in [0.4, 0.5) is 0 Å². The topological polar surface area (TPSA) is 123 Å². The number of halogens is 1. The summed E-state index contributed by atoms with van der Waals surface area (Å²) in [6, 6.07) is 8.98. The number of nitriles is 1. The lowest BCUT2D eigenvalue weighted by Crippen LogP contribution is -2.43. The van der Waals surface area contributed by atoms with Gasteiger partial charge in [-0.05, 0) is 12.1 Å². The Morgan fingerprint density at radius 3 is 2.32 bits per heavy atom. The van der Waals surface area contributed by atoms with Crippen molar-refractivity contribution in [3.8, 4) is 17.3 Å². The van der Waals surface area contributed by atoms with Gasteiger partial charge in [-0.1, -0.05) is 37.6 Å². The standard InChI is InChI=1S/C17H17ClN4O2S/c1-17(2,11(7-19)14(20)23)13(15(21)24)16-22-12(8-25-16)9-3-5-10(18)6-4-9/h3-6,8,11,13H,1-2H3,(H2,20,23)(H2,21,24)/t11-,13+/m0/s1. The Labute approximate surface area is 154 Å². The van der Waals surface area contributed by atoms with E-state index in [1.165, 1.54) is 11.3 Å². The number of hydrogen-bond donors (Lipinski definition) is 2. The van der Waals surface area contributed by atoms with Crippen LogP contribution in [0, 0.1) is 22.7 Å². The van der Waals surface area contributed by atoms with Crippen LogP contribution in [0.5, 0.6) is 0 Å². The summed E-state index contributed by atoms with van der Waals surface area (Å²) in [6.07, 6.45) is 0. The van der Waals surface area contributed by atoms with Crippen molar-refractivity contribution in [1.29, 1.82) is 5.26 Å². The molecule has 2 amide bonds. The molecule has 0 aliphatic heterocycles. The molecule has 0 unspecified atom stereocenters. The summed E-state index contributed by atoms with van der Waals surface area (Å²) in [5, 5.41) is 12.1. The smallest absolute Gasteiger partial charge is 0.235 e. The fourth-order valence-electron chi connectivity index (χ4n) is 2.74. The van der Waals surface area contributed by atoms with Crippen LogP contribution in [-0.2, 0) is 9.59 Å². The van der Waals surface area contributed by atoms with Crippen molar-refractivity contribution in [3.63, 3.8) is 0 Å². The number of primary amides is 2. The number of carbonyl (C=O) groups excluding carboxylic acids is 2. The molecule has 0 fully saturated rings. The molecule has 0 bridgehead atoms. The number of nitrogens with two attached hydrogens (primary N) is 2. The Hall–Kier alpha value is -2.43. The Kier molecular flexibility index (Phi) is 5.45. The number of carbonyl (C=O) groups is 2. The van der Waals surface area contributed by atoms with E-state index in [9.17, 15) is 14.9 Å². The van der Waals surface area contributed by atoms with Gasteiger partial charge >= 0.3 is 0 Å². The first-order chi connectivity index (χ1) is 11.7. The second-order valence-corrected chi connectivity index (χ2v) is 7.53. The van der Waals surface area contributed by atoms with Crippen molar-refractivity contribution < 1.29 is 9.59 Å². The van der Waals surface area contributed by atoms with Gasteiger partial charge in [0, 0.05) is 21.4 Å². The van der Waals surface area contributed by atoms with Crippen LogP contribution in [0.2, 0.25) is 5.02 Å². The number of thiazole rings is 1. The Morgan fingerprint density at radius 2 is 1.84 bits per heavy atom. The van der Waals surface area contributed by atoms with Gasteiger partial charge < -0.3 is 11.5 Å². The van der Waals surface area contributed by atoms with Gasteiger partial charge in [0.15, 0.2) is 0 Å². The van der Waals surface area contributed by atoms with Crippen molar-refractivity contribution in [3.05, 3.63) is 39.7 Å². The minimum Gasteiger partial charge on any atom is -0.369 e. The lowest BCUT2D eigenvalue weighted by molar-refractivity contribution is -0.127. The first-order valence-electron chi connectivity index (χ1n) is 7.38. The molecule has 0 saturated carbocycles. The van der Waals surface area contributed by atoms with E-state index >= 15 is 0 Å². The van der Waals surface area contributed by atoms with E-state index < -0.39 is 29.1 Å². The minimum absolute atomic E-state index is 0.434. The summed E-state index contributed by atoms with van der Waals surface area (Å²) in [7, 11) is 0. The predicted molar refractivity (Wildman–Crippen MR) is 96.6 cm³/mol. The second kappa shape index (κ2) is 7.21. The Bertz CT molecular complexity index is 839. The Balaban J connectivity index is 2.45. The molecule has 2 atom stereocenters. The summed E-state index contributed by atoms with van der Waals surface area (Å²) in [5.41, 5.74) is 11.3. The number of hydrogen-bond acceptors (Lipinski definition) is 5. The van der Waals surface area contributed by atoms with E-state index in [2.05, 4.69) is 4.98 Å². The quantitative estimate of drug-likeness (QED) is 0.804. The van der Waals surface area contributed by atoms with Gasteiger partial charge in [-0.15, -0.1) is 11.3 Å². The molecule has 2 rings (SSSR count). The number of aromatic nitrogens is 1. The highest BCUT2D eigenvalue weighted by molar-refractivity contribution is 7.10. The van der Waals surface area contributed by atoms with Crippen molar-refractivity contribution >= 4 is 34.8 Å². The normalized spacial score (nSPS) is 13.7. The van der Waals surface area contributed by atoms with E-state index in [0.29, 0.717) is 15.7 Å². The maximum atomic E-state index is 12.1. The van der Waals surface area contributed by atoms with Crippen molar-refractivity contribution in [2.45, 2.75) is 19.8 Å². The van der Waals surface area contributed by atoms with E-state index in [4.69, 9.17) is 23.1 Å². The third kappa shape index (κ3) is 3.81. The average molecular weight is 377 g/mol. The van der Waals surface area contributed by atoms with Crippen LogP contribution in [0.1, 0.15) is 24.8 Å². The fourth-order valence-corrected chi connectivity index (χ4v) is 4.00. The van der Waals surface area contributed by atoms with E-state index in [1.54, 1.807) is 31.4 Å². The molecule has 25 heavy (non-hydrogen) atoms. The molecule has 2 aromatic rings. The monoisotopic (exact) mass is 376 g/mol. The maximum Gasteiger partial charge on any atom is 0.235 e. The second-order valence-electron chi connectivity index (χ2n) is 6.20. The van der Waals surface area contributed by atoms with E-state index in [0.717, 1.165) is 5.56 Å². The van der Waals surface area contributed by atoms with Gasteiger partial charge in [0.25, 0.3) is 0 Å². The number of benzene rings is 1. The van der Waals surface area contributed by atoms with E-state index in [-0.39, 0.29) is 0 Å². The lowest BCUT2D eigenvalue weighted by atomic mass is 9.69. The average Bonchev–Trinajstić information content (AvgIpc) is 2.96. The van der Waals surface area contributed by atoms with Gasteiger partial charge in [0.2, 0.25) is 11.8 Å². The molecule has 1 aromatic carbocycles. The molecule has 6 nitrogen and oxygen atoms in total. The van der Waals surface area contributed by atoms with E-state index in [1.807, 2.05) is 18.2 Å². The molecular weight excluding hydrogens is 360 g/mol. The molecule has 0 radical (unpaired) electrons. The zero-order valence-electron chi connectivity index (χ0n) is 13.7. The molecule has 0 saturated heterocycles. The molecule has 0 aliphatic carbocycles. The molecule has 1 aromatic heterocycles. The summed E-state index contributed by atoms with van der Waals surface area (Å²) < 4.78 is 0. The zero-order chi connectivity index (χ0) is 18.8. The van der Waals surface area contributed by atoms with Crippen LogP contribution in [-0.4, -0.2) is 16.8 Å².